The zero-order valence-electron chi connectivity index (χ0n) is 16.5. The van der Waals surface area contributed by atoms with Gasteiger partial charge >= 0.3 is 0 Å². The summed E-state index contributed by atoms with van der Waals surface area (Å²) >= 11 is 0. The van der Waals surface area contributed by atoms with E-state index in [-0.39, 0.29) is 18.4 Å². The smallest absolute Gasteiger partial charge is 0.272 e. The molecule has 1 aliphatic rings. The molecule has 29 heavy (non-hydrogen) atoms. The van der Waals surface area contributed by atoms with Crippen LogP contribution in [0.5, 0.6) is 0 Å². The van der Waals surface area contributed by atoms with Gasteiger partial charge in [0, 0.05) is 38.9 Å². The highest BCUT2D eigenvalue weighted by Gasteiger charge is 2.22. The quantitative estimate of drug-likeness (QED) is 0.719. The Morgan fingerprint density at radius 3 is 2.55 bits per heavy atom. The molecule has 7 nitrogen and oxygen atoms in total. The number of nitrogens with one attached hydrogen (secondary N) is 1. The Bertz CT molecular complexity index is 988. The Kier molecular flexibility index (Phi) is 5.57. The van der Waals surface area contributed by atoms with Crippen molar-refractivity contribution in [2.45, 2.75) is 13.5 Å². The summed E-state index contributed by atoms with van der Waals surface area (Å²) in [5.74, 6) is -0.391. The molecule has 0 spiro atoms. The molecule has 2 amide bonds. The van der Waals surface area contributed by atoms with Gasteiger partial charge in [0.05, 0.1) is 12.1 Å². The number of aromatic nitrogens is 2. The molecule has 0 bridgehead atoms. The second kappa shape index (κ2) is 8.45. The SMILES string of the molecule is Cc1ccccc1CN1CCN(C(=O)CNC(=O)c2cc3ccccn3n2)CC1. The molecule has 1 aliphatic heterocycles. The second-order valence-corrected chi connectivity index (χ2v) is 7.37. The fraction of sp³-hybridized carbons (Fsp3) is 0.318. The van der Waals surface area contributed by atoms with Gasteiger partial charge in [-0.25, -0.2) is 4.52 Å². The van der Waals surface area contributed by atoms with E-state index < -0.39 is 0 Å². The topological polar surface area (TPSA) is 70.0 Å². The van der Waals surface area contributed by atoms with Gasteiger partial charge < -0.3 is 10.2 Å². The van der Waals surface area contributed by atoms with Crippen LogP contribution in [0, 0.1) is 6.92 Å². The molecule has 1 saturated heterocycles. The lowest BCUT2D eigenvalue weighted by atomic mass is 10.1. The van der Waals surface area contributed by atoms with Crippen molar-refractivity contribution in [1.29, 1.82) is 0 Å². The molecule has 3 aromatic rings. The zero-order chi connectivity index (χ0) is 20.2. The summed E-state index contributed by atoms with van der Waals surface area (Å²) in [7, 11) is 0. The molecule has 3 heterocycles. The Balaban J connectivity index is 1.25. The molecule has 1 N–H and O–H groups in total. The Hall–Kier alpha value is -3.19. The van der Waals surface area contributed by atoms with Crippen molar-refractivity contribution in [1.82, 2.24) is 24.7 Å². The molecule has 1 aromatic carbocycles. The Labute approximate surface area is 169 Å². The molecule has 150 valence electrons. The average Bonchev–Trinajstić information content (AvgIpc) is 3.18. The first kappa shape index (κ1) is 19.1. The van der Waals surface area contributed by atoms with Crippen LogP contribution in [0.15, 0.2) is 54.7 Å². The van der Waals surface area contributed by atoms with Gasteiger partial charge in [-0.05, 0) is 36.2 Å². The third-order valence-electron chi connectivity index (χ3n) is 5.38. The number of pyridine rings is 1. The van der Waals surface area contributed by atoms with Crippen LogP contribution in [0.3, 0.4) is 0 Å². The summed E-state index contributed by atoms with van der Waals surface area (Å²) in [4.78, 5) is 29.0. The van der Waals surface area contributed by atoms with Crippen molar-refractivity contribution in [2.75, 3.05) is 32.7 Å². The number of hydrogen-bond acceptors (Lipinski definition) is 4. The summed E-state index contributed by atoms with van der Waals surface area (Å²) in [5, 5.41) is 6.93. The molecule has 1 fully saturated rings. The zero-order valence-corrected chi connectivity index (χ0v) is 16.5. The molecule has 0 saturated carbocycles. The first-order valence-corrected chi connectivity index (χ1v) is 9.87. The van der Waals surface area contributed by atoms with Crippen LogP contribution >= 0.6 is 0 Å². The van der Waals surface area contributed by atoms with Crippen molar-refractivity contribution in [2.24, 2.45) is 0 Å². The number of hydrogen-bond donors (Lipinski definition) is 1. The van der Waals surface area contributed by atoms with Gasteiger partial charge in [0.15, 0.2) is 5.69 Å². The summed E-state index contributed by atoms with van der Waals surface area (Å²) in [6.45, 7) is 6.04. The second-order valence-electron chi connectivity index (χ2n) is 7.37. The van der Waals surface area contributed by atoms with E-state index in [4.69, 9.17) is 0 Å². The number of piperazine rings is 1. The third kappa shape index (κ3) is 4.46. The summed E-state index contributed by atoms with van der Waals surface area (Å²) in [6.07, 6.45) is 1.79. The number of carbonyl (C=O) groups excluding carboxylic acids is 2. The predicted octanol–water partition coefficient (Wildman–Crippen LogP) is 1.72. The molecular formula is C22H25N5O2. The third-order valence-corrected chi connectivity index (χ3v) is 5.38. The number of aryl methyl sites for hydroxylation is 1. The maximum absolute atomic E-state index is 12.5. The van der Waals surface area contributed by atoms with E-state index in [1.807, 2.05) is 23.1 Å². The lowest BCUT2D eigenvalue weighted by Crippen LogP contribution is -2.50. The summed E-state index contributed by atoms with van der Waals surface area (Å²) in [6, 6.07) is 15.7. The molecular weight excluding hydrogens is 366 g/mol. The van der Waals surface area contributed by atoms with Crippen molar-refractivity contribution in [3.8, 4) is 0 Å². The van der Waals surface area contributed by atoms with Gasteiger partial charge in [-0.3, -0.25) is 14.5 Å². The number of nitrogens with zero attached hydrogens (tertiary/aromatic N) is 4. The van der Waals surface area contributed by atoms with Gasteiger partial charge in [0.25, 0.3) is 5.91 Å². The highest BCUT2D eigenvalue weighted by Crippen LogP contribution is 2.12. The minimum Gasteiger partial charge on any atom is -0.342 e. The lowest BCUT2D eigenvalue weighted by molar-refractivity contribution is -0.131. The lowest BCUT2D eigenvalue weighted by Gasteiger charge is -2.35. The highest BCUT2D eigenvalue weighted by molar-refractivity contribution is 5.95. The Morgan fingerprint density at radius 1 is 1.03 bits per heavy atom. The van der Waals surface area contributed by atoms with E-state index in [2.05, 4.69) is 46.5 Å². The van der Waals surface area contributed by atoms with Crippen LogP contribution in [0.25, 0.3) is 5.52 Å². The minimum atomic E-state index is -0.333. The first-order chi connectivity index (χ1) is 14.1. The van der Waals surface area contributed by atoms with Gasteiger partial charge in [0.1, 0.15) is 0 Å². The molecule has 0 unspecified atom stereocenters. The average molecular weight is 391 g/mol. The molecule has 0 radical (unpaired) electrons. The van der Waals surface area contributed by atoms with E-state index in [0.717, 1.165) is 25.2 Å². The van der Waals surface area contributed by atoms with Gasteiger partial charge in [-0.15, -0.1) is 0 Å². The molecule has 0 atom stereocenters. The van der Waals surface area contributed by atoms with Crippen LogP contribution in [0.2, 0.25) is 0 Å². The summed E-state index contributed by atoms with van der Waals surface area (Å²) in [5.41, 5.74) is 3.77. The number of rotatable bonds is 5. The van der Waals surface area contributed by atoms with Crippen molar-refractivity contribution in [3.63, 3.8) is 0 Å². The van der Waals surface area contributed by atoms with Crippen molar-refractivity contribution >= 4 is 17.3 Å². The number of fused-ring (bicyclic) bond motifs is 1. The fourth-order valence-electron chi connectivity index (χ4n) is 3.59. The maximum Gasteiger partial charge on any atom is 0.272 e. The van der Waals surface area contributed by atoms with Crippen LogP contribution in [0.4, 0.5) is 0 Å². The van der Waals surface area contributed by atoms with Crippen LogP contribution in [-0.4, -0.2) is 64.0 Å². The van der Waals surface area contributed by atoms with Gasteiger partial charge in [0.2, 0.25) is 5.91 Å². The van der Waals surface area contributed by atoms with Gasteiger partial charge in [-0.2, -0.15) is 5.10 Å². The fourth-order valence-corrected chi connectivity index (χ4v) is 3.59. The minimum absolute atomic E-state index is 0.00943. The van der Waals surface area contributed by atoms with E-state index in [0.29, 0.717) is 18.8 Å². The largest absolute Gasteiger partial charge is 0.342 e. The van der Waals surface area contributed by atoms with Crippen LogP contribution < -0.4 is 5.32 Å². The van der Waals surface area contributed by atoms with Crippen LogP contribution in [0.1, 0.15) is 21.6 Å². The predicted molar refractivity (Wildman–Crippen MR) is 111 cm³/mol. The monoisotopic (exact) mass is 391 g/mol. The first-order valence-electron chi connectivity index (χ1n) is 9.87. The van der Waals surface area contributed by atoms with Gasteiger partial charge in [-0.1, -0.05) is 30.3 Å². The maximum atomic E-state index is 12.5. The van der Waals surface area contributed by atoms with E-state index in [9.17, 15) is 9.59 Å². The molecule has 2 aromatic heterocycles. The van der Waals surface area contributed by atoms with E-state index in [1.54, 1.807) is 16.8 Å². The van der Waals surface area contributed by atoms with Crippen molar-refractivity contribution in [3.05, 3.63) is 71.5 Å². The number of benzene rings is 1. The van der Waals surface area contributed by atoms with E-state index >= 15 is 0 Å². The molecule has 7 heteroatoms. The number of carbonyl (C=O) groups is 2. The summed E-state index contributed by atoms with van der Waals surface area (Å²) < 4.78 is 1.64. The van der Waals surface area contributed by atoms with E-state index in [1.165, 1.54) is 11.1 Å². The normalized spacial score (nSPS) is 14.9. The van der Waals surface area contributed by atoms with Crippen LogP contribution in [-0.2, 0) is 11.3 Å². The standard InChI is InChI=1S/C22H25N5O2/c1-17-6-2-3-7-18(17)16-25-10-12-26(13-11-25)21(28)15-23-22(29)20-14-19-8-4-5-9-27(19)24-20/h2-9,14H,10-13,15-16H2,1H3,(H,23,29). The molecule has 0 aliphatic carbocycles. The highest BCUT2D eigenvalue weighted by atomic mass is 16.2. The molecule has 4 rings (SSSR count). The Morgan fingerprint density at radius 2 is 1.79 bits per heavy atom. The van der Waals surface area contributed by atoms with Crippen molar-refractivity contribution < 1.29 is 9.59 Å². The number of amides is 2.